The Balaban J connectivity index is 1.48. The Morgan fingerprint density at radius 1 is 1.16 bits per heavy atom. The van der Waals surface area contributed by atoms with Gasteiger partial charge in [-0.1, -0.05) is 12.1 Å². The summed E-state index contributed by atoms with van der Waals surface area (Å²) in [6.07, 6.45) is 3.99. The molecule has 2 unspecified atom stereocenters. The number of thiazole rings is 1. The Morgan fingerprint density at radius 2 is 1.94 bits per heavy atom. The highest BCUT2D eigenvalue weighted by Gasteiger charge is 2.49. The van der Waals surface area contributed by atoms with Crippen LogP contribution in [0.25, 0.3) is 4.96 Å². The van der Waals surface area contributed by atoms with Crippen molar-refractivity contribution in [3.05, 3.63) is 52.8 Å². The summed E-state index contributed by atoms with van der Waals surface area (Å²) < 4.78 is 7.27. The van der Waals surface area contributed by atoms with Crippen molar-refractivity contribution in [2.45, 2.75) is 39.0 Å². The van der Waals surface area contributed by atoms with E-state index in [0.717, 1.165) is 27.8 Å². The summed E-state index contributed by atoms with van der Waals surface area (Å²) in [5.74, 6) is 1.20. The van der Waals surface area contributed by atoms with Crippen LogP contribution in [0.15, 0.2) is 41.7 Å². The summed E-state index contributed by atoms with van der Waals surface area (Å²) in [5.41, 5.74) is 1.90. The highest BCUT2D eigenvalue weighted by atomic mass is 32.1. The predicted octanol–water partition coefficient (Wildman–Crippen LogP) is 2.44. The fraction of sp³-hybridized carbons (Fsp3) is 0.364. The topological polar surface area (TPSA) is 91.5 Å². The second-order valence-electron chi connectivity index (χ2n) is 7.90. The number of aryl methyl sites for hydroxylation is 1. The van der Waals surface area contributed by atoms with Gasteiger partial charge in [-0.2, -0.15) is 0 Å². The number of rotatable bonds is 6. The van der Waals surface area contributed by atoms with E-state index < -0.39 is 18.2 Å². The Kier molecular flexibility index (Phi) is 5.09. The molecule has 5 rings (SSSR count). The summed E-state index contributed by atoms with van der Waals surface area (Å²) in [7, 11) is 1.63. The number of nitrogens with zero attached hydrogens (tertiary/aromatic N) is 5. The van der Waals surface area contributed by atoms with Crippen molar-refractivity contribution in [1.82, 2.24) is 24.5 Å². The van der Waals surface area contributed by atoms with Crippen LogP contribution in [0.1, 0.15) is 23.1 Å². The number of likely N-dealkylation sites (N-methyl/N-ethyl adjacent to an activating group) is 1. The smallest absolute Gasteiger partial charge is 0.325 e. The number of amides is 3. The number of aliphatic imine (C=N–C) groups is 1. The van der Waals surface area contributed by atoms with Gasteiger partial charge in [0.1, 0.15) is 11.6 Å². The van der Waals surface area contributed by atoms with Gasteiger partial charge in [0.25, 0.3) is 5.91 Å². The molecular weight excluding hydrogens is 428 g/mol. The number of fused-ring (bicyclic) bond motifs is 2. The Bertz CT molecular complexity index is 1180. The van der Waals surface area contributed by atoms with Gasteiger partial charge in [-0.3, -0.25) is 19.4 Å². The third kappa shape index (κ3) is 3.50. The van der Waals surface area contributed by atoms with E-state index in [0.29, 0.717) is 19.5 Å². The third-order valence-corrected chi connectivity index (χ3v) is 6.74. The summed E-state index contributed by atoms with van der Waals surface area (Å²) in [6, 6.07) is 6.77. The average Bonchev–Trinajstić information content (AvgIpc) is 3.40. The minimum absolute atomic E-state index is 0.321. The van der Waals surface area contributed by atoms with Gasteiger partial charge in [-0.15, -0.1) is 11.3 Å². The zero-order chi connectivity index (χ0) is 22.4. The van der Waals surface area contributed by atoms with Crippen LogP contribution < -0.4 is 10.1 Å². The molecule has 0 spiro atoms. The molecule has 32 heavy (non-hydrogen) atoms. The average molecular weight is 453 g/mol. The lowest BCUT2D eigenvalue weighted by atomic mass is 10.1. The molecule has 2 aliphatic rings. The number of nitrogens with one attached hydrogen (secondary N) is 1. The molecule has 2 atom stereocenters. The lowest BCUT2D eigenvalue weighted by Crippen LogP contribution is -2.64. The fourth-order valence-electron chi connectivity index (χ4n) is 4.31. The molecule has 0 bridgehead atoms. The number of methoxy groups -OCH3 is 1. The van der Waals surface area contributed by atoms with Crippen LogP contribution in [0.4, 0.5) is 4.79 Å². The van der Waals surface area contributed by atoms with Gasteiger partial charge >= 0.3 is 6.03 Å². The molecule has 1 saturated heterocycles. The van der Waals surface area contributed by atoms with E-state index in [1.165, 1.54) is 4.88 Å². The number of imidazole rings is 1. The quantitative estimate of drug-likeness (QED) is 0.620. The van der Waals surface area contributed by atoms with Gasteiger partial charge in [0.05, 0.1) is 12.8 Å². The molecular formula is C22H24N6O3S. The highest BCUT2D eigenvalue weighted by Crippen LogP contribution is 2.29. The first-order valence-electron chi connectivity index (χ1n) is 10.5. The monoisotopic (exact) mass is 452 g/mol. The molecule has 10 heteroatoms. The number of aromatic nitrogens is 2. The van der Waals surface area contributed by atoms with Crippen LogP contribution in [0.3, 0.4) is 0 Å². The van der Waals surface area contributed by atoms with E-state index in [2.05, 4.69) is 12.2 Å². The number of hydrogen-bond donors (Lipinski definition) is 1. The Morgan fingerprint density at radius 3 is 2.62 bits per heavy atom. The molecule has 1 fully saturated rings. The molecule has 3 aromatic rings. The molecule has 2 aliphatic heterocycles. The van der Waals surface area contributed by atoms with Crippen molar-refractivity contribution in [3.8, 4) is 5.75 Å². The number of benzene rings is 1. The molecule has 1 aromatic carbocycles. The van der Waals surface area contributed by atoms with E-state index >= 15 is 0 Å². The van der Waals surface area contributed by atoms with Crippen molar-refractivity contribution in [2.75, 3.05) is 13.7 Å². The minimum Gasteiger partial charge on any atom is -0.497 e. The first-order valence-corrected chi connectivity index (χ1v) is 11.3. The van der Waals surface area contributed by atoms with Gasteiger partial charge in [-0.25, -0.2) is 14.8 Å². The maximum Gasteiger partial charge on any atom is 0.325 e. The third-order valence-electron chi connectivity index (χ3n) is 5.82. The number of urea groups is 1. The van der Waals surface area contributed by atoms with E-state index in [4.69, 9.17) is 14.7 Å². The first-order chi connectivity index (χ1) is 15.5. The number of hydrogen-bond acceptors (Lipinski definition) is 7. The van der Waals surface area contributed by atoms with Crippen LogP contribution in [-0.4, -0.2) is 62.8 Å². The van der Waals surface area contributed by atoms with E-state index in [1.54, 1.807) is 23.3 Å². The Hall–Kier alpha value is -3.40. The van der Waals surface area contributed by atoms with Crippen LogP contribution in [-0.2, 0) is 17.8 Å². The minimum atomic E-state index is -0.573. The summed E-state index contributed by atoms with van der Waals surface area (Å²) in [4.78, 5) is 40.6. The molecule has 166 valence electrons. The molecule has 2 aromatic heterocycles. The van der Waals surface area contributed by atoms with E-state index in [1.807, 2.05) is 52.9 Å². The van der Waals surface area contributed by atoms with Crippen molar-refractivity contribution >= 4 is 34.1 Å². The van der Waals surface area contributed by atoms with Crippen molar-refractivity contribution < 1.29 is 14.3 Å². The van der Waals surface area contributed by atoms with Gasteiger partial charge in [0.15, 0.2) is 17.2 Å². The lowest BCUT2D eigenvalue weighted by Gasteiger charge is -2.37. The zero-order valence-corrected chi connectivity index (χ0v) is 18.9. The molecule has 3 amide bonds. The first kappa shape index (κ1) is 20.5. The van der Waals surface area contributed by atoms with Gasteiger partial charge in [0.2, 0.25) is 0 Å². The molecule has 0 saturated carbocycles. The van der Waals surface area contributed by atoms with Gasteiger partial charge in [-0.05, 0) is 31.5 Å². The molecule has 1 N–H and O–H groups in total. The van der Waals surface area contributed by atoms with E-state index in [-0.39, 0.29) is 5.91 Å². The SMILES string of the molecule is CCN1C(=O)NC(=O)C2C1N=C(Cc1cn3cc(C)sc3n1)N2Cc1ccc(OC)cc1. The predicted molar refractivity (Wildman–Crippen MR) is 121 cm³/mol. The maximum absolute atomic E-state index is 12.9. The van der Waals surface area contributed by atoms with Crippen LogP contribution in [0, 0.1) is 6.92 Å². The lowest BCUT2D eigenvalue weighted by molar-refractivity contribution is -0.127. The second-order valence-corrected chi connectivity index (χ2v) is 9.11. The summed E-state index contributed by atoms with van der Waals surface area (Å²) >= 11 is 1.63. The standard InChI is InChI=1S/C22H24N6O3S/c1-4-27-19-18(20(29)25-21(27)30)28(11-14-5-7-16(31-3)8-6-14)17(24-19)9-15-12-26-10-13(2)32-22(26)23-15/h5-8,10,12,18-19H,4,9,11H2,1-3H3,(H,25,29,30). The highest BCUT2D eigenvalue weighted by molar-refractivity contribution is 7.16. The molecule has 4 heterocycles. The maximum atomic E-state index is 12.9. The molecule has 0 aliphatic carbocycles. The normalized spacial score (nSPS) is 20.5. The van der Waals surface area contributed by atoms with Crippen LogP contribution in [0.5, 0.6) is 5.75 Å². The van der Waals surface area contributed by atoms with Crippen molar-refractivity contribution in [3.63, 3.8) is 0 Å². The number of ether oxygens (including phenoxy) is 1. The van der Waals surface area contributed by atoms with Crippen molar-refractivity contribution in [1.29, 1.82) is 0 Å². The van der Waals surface area contributed by atoms with Gasteiger partial charge < -0.3 is 9.64 Å². The fourth-order valence-corrected chi connectivity index (χ4v) is 5.14. The number of carbonyl (C=O) groups excluding carboxylic acids is 2. The number of amidine groups is 1. The number of imide groups is 1. The second kappa shape index (κ2) is 7.94. The number of carbonyl (C=O) groups is 2. The summed E-state index contributed by atoms with van der Waals surface area (Å²) in [6.45, 7) is 4.90. The van der Waals surface area contributed by atoms with Crippen molar-refractivity contribution in [2.24, 2.45) is 4.99 Å². The van der Waals surface area contributed by atoms with Crippen LogP contribution in [0.2, 0.25) is 0 Å². The van der Waals surface area contributed by atoms with E-state index in [9.17, 15) is 9.59 Å². The zero-order valence-electron chi connectivity index (χ0n) is 18.1. The largest absolute Gasteiger partial charge is 0.497 e. The molecule has 0 radical (unpaired) electrons. The molecule has 9 nitrogen and oxygen atoms in total. The Labute approximate surface area is 189 Å². The van der Waals surface area contributed by atoms with Gasteiger partial charge in [0, 0.05) is 36.8 Å². The summed E-state index contributed by atoms with van der Waals surface area (Å²) in [5, 5.41) is 2.49. The van der Waals surface area contributed by atoms with Crippen LogP contribution >= 0.6 is 11.3 Å².